The monoisotopic (exact) mass is 366 g/mol. The lowest BCUT2D eigenvalue weighted by Crippen LogP contribution is -2.28. The number of rotatable bonds is 3. The third kappa shape index (κ3) is 3.34. The van der Waals surface area contributed by atoms with Crippen molar-refractivity contribution in [3.05, 3.63) is 51.6 Å². The van der Waals surface area contributed by atoms with Crippen molar-refractivity contribution >= 4 is 33.8 Å². The Kier molecular flexibility index (Phi) is 4.70. The Bertz CT molecular complexity index is 960. The van der Waals surface area contributed by atoms with Crippen LogP contribution in [0.2, 0.25) is 0 Å². The number of benzene rings is 1. The Balaban J connectivity index is 1.61. The van der Waals surface area contributed by atoms with Crippen LogP contribution in [0.15, 0.2) is 30.5 Å². The molecule has 0 spiro atoms. The third-order valence-corrected chi connectivity index (χ3v) is 6.14. The highest BCUT2D eigenvalue weighted by Crippen LogP contribution is 2.30. The highest BCUT2D eigenvalue weighted by Gasteiger charge is 2.23. The molecule has 2 N–H and O–H groups in total. The second kappa shape index (κ2) is 7.13. The number of thiazole rings is 1. The quantitative estimate of drug-likeness (QED) is 0.734. The molecule has 6 heteroatoms. The van der Waals surface area contributed by atoms with Gasteiger partial charge in [-0.2, -0.15) is 0 Å². The van der Waals surface area contributed by atoms with Gasteiger partial charge in [0, 0.05) is 24.0 Å². The smallest absolute Gasteiger partial charge is 0.268 e. The zero-order chi connectivity index (χ0) is 18.1. The van der Waals surface area contributed by atoms with Crippen LogP contribution in [0.1, 0.15) is 44.7 Å². The minimum atomic E-state index is -0.128. The highest BCUT2D eigenvalue weighted by molar-refractivity contribution is 7.14. The molecule has 0 saturated carbocycles. The number of hydrogen-bond donors (Lipinski definition) is 2. The molecule has 1 unspecified atom stereocenters. The average molecular weight is 366 g/mol. The summed E-state index contributed by atoms with van der Waals surface area (Å²) < 4.78 is 0. The Morgan fingerprint density at radius 3 is 3.00 bits per heavy atom. The number of fused-ring (bicyclic) bond motifs is 1. The number of aromatic nitrogens is 2. The van der Waals surface area contributed by atoms with E-state index in [-0.39, 0.29) is 5.91 Å². The standard InChI is InChI=1S/C20H22N4OS/c1-12-5-6-14-7-9-22-18(16(14)10-12)24-19(25)17-13(2)23-20(26-17)15-4-3-8-21-11-15/h5-7,9-10,15,21H,3-4,8,11H2,1-2H3,(H,22,24,25). The Labute approximate surface area is 156 Å². The van der Waals surface area contributed by atoms with Gasteiger partial charge in [0.05, 0.1) is 10.7 Å². The van der Waals surface area contributed by atoms with Gasteiger partial charge in [-0.05, 0) is 50.8 Å². The molecule has 1 amide bonds. The summed E-state index contributed by atoms with van der Waals surface area (Å²) in [4.78, 5) is 22.6. The normalized spacial score (nSPS) is 17.4. The maximum Gasteiger partial charge on any atom is 0.268 e. The summed E-state index contributed by atoms with van der Waals surface area (Å²) in [6.45, 7) is 5.96. The largest absolute Gasteiger partial charge is 0.316 e. The molecule has 1 aliphatic heterocycles. The highest BCUT2D eigenvalue weighted by atomic mass is 32.1. The van der Waals surface area contributed by atoms with Crippen LogP contribution in [-0.2, 0) is 0 Å². The summed E-state index contributed by atoms with van der Waals surface area (Å²) in [5, 5.41) is 9.48. The summed E-state index contributed by atoms with van der Waals surface area (Å²) in [7, 11) is 0. The van der Waals surface area contributed by atoms with E-state index in [9.17, 15) is 4.79 Å². The summed E-state index contributed by atoms with van der Waals surface area (Å²) in [6.07, 6.45) is 4.02. The molecule has 3 heterocycles. The molecule has 26 heavy (non-hydrogen) atoms. The van der Waals surface area contributed by atoms with E-state index in [0.717, 1.165) is 53.0 Å². The Hall–Kier alpha value is -2.31. The van der Waals surface area contributed by atoms with Crippen LogP contribution in [0.25, 0.3) is 10.8 Å². The van der Waals surface area contributed by atoms with Crippen LogP contribution >= 0.6 is 11.3 Å². The number of aryl methyl sites for hydroxylation is 2. The van der Waals surface area contributed by atoms with E-state index in [1.165, 1.54) is 11.3 Å². The fourth-order valence-corrected chi connectivity index (χ4v) is 4.51. The minimum Gasteiger partial charge on any atom is -0.316 e. The zero-order valence-electron chi connectivity index (χ0n) is 15.0. The van der Waals surface area contributed by atoms with Gasteiger partial charge in [-0.15, -0.1) is 11.3 Å². The van der Waals surface area contributed by atoms with Crippen molar-refractivity contribution in [1.82, 2.24) is 15.3 Å². The van der Waals surface area contributed by atoms with Gasteiger partial charge in [-0.3, -0.25) is 4.79 Å². The summed E-state index contributed by atoms with van der Waals surface area (Å²) >= 11 is 1.51. The van der Waals surface area contributed by atoms with Crippen LogP contribution < -0.4 is 10.6 Å². The molecule has 1 aliphatic rings. The van der Waals surface area contributed by atoms with Crippen LogP contribution in [-0.4, -0.2) is 29.0 Å². The lowest BCUT2D eigenvalue weighted by atomic mass is 10.0. The maximum atomic E-state index is 12.9. The molecular formula is C20H22N4OS. The number of nitrogens with zero attached hydrogens (tertiary/aromatic N) is 2. The number of nitrogens with one attached hydrogen (secondary N) is 2. The number of carbonyl (C=O) groups excluding carboxylic acids is 1. The Morgan fingerprint density at radius 2 is 2.19 bits per heavy atom. The van der Waals surface area contributed by atoms with Gasteiger partial charge in [0.2, 0.25) is 0 Å². The predicted molar refractivity (Wildman–Crippen MR) is 106 cm³/mol. The molecule has 1 saturated heterocycles. The van der Waals surface area contributed by atoms with Crippen LogP contribution in [0, 0.1) is 13.8 Å². The van der Waals surface area contributed by atoms with E-state index in [2.05, 4.69) is 32.7 Å². The van der Waals surface area contributed by atoms with E-state index < -0.39 is 0 Å². The molecule has 4 rings (SSSR count). The van der Waals surface area contributed by atoms with E-state index in [4.69, 9.17) is 0 Å². The lowest BCUT2D eigenvalue weighted by molar-refractivity contribution is 0.102. The molecule has 1 fully saturated rings. The second-order valence-corrected chi connectivity index (χ2v) is 7.88. The molecule has 5 nitrogen and oxygen atoms in total. The lowest BCUT2D eigenvalue weighted by Gasteiger charge is -2.20. The zero-order valence-corrected chi connectivity index (χ0v) is 15.8. The molecule has 1 atom stereocenters. The first-order valence-corrected chi connectivity index (χ1v) is 9.78. The number of carbonyl (C=O) groups is 1. The SMILES string of the molecule is Cc1ccc2ccnc(NC(=O)c3sc(C4CCCNC4)nc3C)c2c1. The molecule has 0 radical (unpaired) electrons. The number of piperidine rings is 1. The second-order valence-electron chi connectivity index (χ2n) is 6.85. The van der Waals surface area contributed by atoms with Crippen molar-refractivity contribution in [2.24, 2.45) is 0 Å². The first kappa shape index (κ1) is 17.1. The fraction of sp³-hybridized carbons (Fsp3) is 0.350. The summed E-state index contributed by atoms with van der Waals surface area (Å²) in [5.74, 6) is 0.883. The summed E-state index contributed by atoms with van der Waals surface area (Å²) in [6, 6.07) is 8.12. The minimum absolute atomic E-state index is 0.128. The van der Waals surface area contributed by atoms with Gasteiger partial charge in [-0.25, -0.2) is 9.97 Å². The topological polar surface area (TPSA) is 66.9 Å². The van der Waals surface area contributed by atoms with Gasteiger partial charge in [0.25, 0.3) is 5.91 Å². The molecule has 134 valence electrons. The summed E-state index contributed by atoms with van der Waals surface area (Å²) in [5.41, 5.74) is 1.94. The molecule has 1 aromatic carbocycles. The van der Waals surface area contributed by atoms with Crippen molar-refractivity contribution in [3.8, 4) is 0 Å². The van der Waals surface area contributed by atoms with Gasteiger partial charge in [0.1, 0.15) is 10.7 Å². The van der Waals surface area contributed by atoms with E-state index >= 15 is 0 Å². The number of amides is 1. The average Bonchev–Trinajstić information content (AvgIpc) is 3.05. The number of anilines is 1. The van der Waals surface area contributed by atoms with Gasteiger partial charge in [0.15, 0.2) is 0 Å². The molecule has 0 bridgehead atoms. The molecular weight excluding hydrogens is 344 g/mol. The van der Waals surface area contributed by atoms with Crippen molar-refractivity contribution in [3.63, 3.8) is 0 Å². The number of hydrogen-bond acceptors (Lipinski definition) is 5. The van der Waals surface area contributed by atoms with E-state index in [1.807, 2.05) is 26.0 Å². The van der Waals surface area contributed by atoms with Gasteiger partial charge < -0.3 is 10.6 Å². The van der Waals surface area contributed by atoms with Gasteiger partial charge >= 0.3 is 0 Å². The van der Waals surface area contributed by atoms with E-state index in [0.29, 0.717) is 16.6 Å². The third-order valence-electron chi connectivity index (χ3n) is 4.82. The first-order valence-electron chi connectivity index (χ1n) is 8.96. The fourth-order valence-electron chi connectivity index (χ4n) is 3.41. The Morgan fingerprint density at radius 1 is 1.31 bits per heavy atom. The van der Waals surface area contributed by atoms with Crippen molar-refractivity contribution < 1.29 is 4.79 Å². The van der Waals surface area contributed by atoms with Crippen LogP contribution in [0.5, 0.6) is 0 Å². The molecule has 2 aromatic heterocycles. The van der Waals surface area contributed by atoms with Crippen LogP contribution in [0.3, 0.4) is 0 Å². The molecule has 3 aromatic rings. The number of pyridine rings is 1. The molecule has 0 aliphatic carbocycles. The van der Waals surface area contributed by atoms with Crippen molar-refractivity contribution in [2.45, 2.75) is 32.6 Å². The maximum absolute atomic E-state index is 12.9. The van der Waals surface area contributed by atoms with Gasteiger partial charge in [-0.1, -0.05) is 17.7 Å². The van der Waals surface area contributed by atoms with E-state index in [1.54, 1.807) is 6.20 Å². The van der Waals surface area contributed by atoms with Crippen LogP contribution in [0.4, 0.5) is 5.82 Å². The van der Waals surface area contributed by atoms with Crippen molar-refractivity contribution in [2.75, 3.05) is 18.4 Å². The first-order chi connectivity index (χ1) is 12.6. The predicted octanol–water partition coefficient (Wildman–Crippen LogP) is 4.03. The van der Waals surface area contributed by atoms with Crippen molar-refractivity contribution in [1.29, 1.82) is 0 Å².